The summed E-state index contributed by atoms with van der Waals surface area (Å²) < 4.78 is 33.8. The molecule has 0 saturated carbocycles. The van der Waals surface area contributed by atoms with Gasteiger partial charge < -0.3 is 19.6 Å². The van der Waals surface area contributed by atoms with Crippen LogP contribution in [0.2, 0.25) is 0 Å². The predicted octanol–water partition coefficient (Wildman–Crippen LogP) is 2.95. The zero-order chi connectivity index (χ0) is 17.9. The second-order valence-corrected chi connectivity index (χ2v) is 5.05. The highest BCUT2D eigenvalue weighted by Gasteiger charge is 2.10. The van der Waals surface area contributed by atoms with Crippen LogP contribution in [-0.2, 0) is 9.63 Å². The first kappa shape index (κ1) is 19.7. The molecule has 1 atom stereocenters. The largest absolute Gasteiger partial charge is 0.493 e. The summed E-state index contributed by atoms with van der Waals surface area (Å²) in [5, 5.41) is 6.45. The van der Waals surface area contributed by atoms with E-state index >= 15 is 0 Å². The molecule has 0 aliphatic carbocycles. The Labute approximate surface area is 139 Å². The maximum absolute atomic E-state index is 12.2. The van der Waals surface area contributed by atoms with Gasteiger partial charge in [-0.15, -0.1) is 0 Å². The second kappa shape index (κ2) is 10.4. The van der Waals surface area contributed by atoms with Crippen molar-refractivity contribution in [1.29, 1.82) is 0 Å². The van der Waals surface area contributed by atoms with Gasteiger partial charge in [0.15, 0.2) is 18.1 Å². The van der Waals surface area contributed by atoms with Crippen molar-refractivity contribution >= 4 is 12.1 Å². The van der Waals surface area contributed by atoms with Gasteiger partial charge in [0.05, 0.1) is 13.3 Å². The molecule has 1 N–H and O–H groups in total. The first-order valence-corrected chi connectivity index (χ1v) is 7.53. The topological polar surface area (TPSA) is 69.2 Å². The zero-order valence-corrected chi connectivity index (χ0v) is 13.9. The molecule has 0 unspecified atom stereocenters. The van der Waals surface area contributed by atoms with E-state index in [-0.39, 0.29) is 30.1 Å². The second-order valence-electron chi connectivity index (χ2n) is 5.05. The molecule has 1 aromatic rings. The molecule has 24 heavy (non-hydrogen) atoms. The number of nitrogens with one attached hydrogen (secondary N) is 1. The molecule has 0 fully saturated rings. The van der Waals surface area contributed by atoms with Gasteiger partial charge in [-0.2, -0.15) is 8.78 Å². The number of nitrogens with zero attached hydrogens (tertiary/aromatic N) is 1. The molecular formula is C16H22F2N2O4. The Bertz CT molecular complexity index is 553. The van der Waals surface area contributed by atoms with Gasteiger partial charge in [0.2, 0.25) is 0 Å². The summed E-state index contributed by atoms with van der Waals surface area (Å²) in [6, 6.07) is 4.40. The highest BCUT2D eigenvalue weighted by atomic mass is 19.3. The minimum Gasteiger partial charge on any atom is -0.493 e. The van der Waals surface area contributed by atoms with Crippen molar-refractivity contribution in [3.8, 4) is 11.5 Å². The number of carbonyl (C=O) groups excluding carboxylic acids is 1. The van der Waals surface area contributed by atoms with Crippen molar-refractivity contribution in [2.24, 2.45) is 5.16 Å². The third-order valence-electron chi connectivity index (χ3n) is 3.00. The lowest BCUT2D eigenvalue weighted by atomic mass is 10.2. The molecule has 0 radical (unpaired) electrons. The number of alkyl halides is 2. The molecular weight excluding hydrogens is 322 g/mol. The molecule has 0 aromatic heterocycles. The van der Waals surface area contributed by atoms with Gasteiger partial charge in [-0.05, 0) is 31.5 Å². The summed E-state index contributed by atoms with van der Waals surface area (Å²) in [6.45, 7) is 0.819. The summed E-state index contributed by atoms with van der Waals surface area (Å²) in [6.07, 6.45) is 3.22. The Morgan fingerprint density at radius 2 is 2.12 bits per heavy atom. The SMILES string of the molecule is CCC[C@@H](C)NC(=O)CO/N=C\c1ccc(OC(F)F)c(OC)c1. The number of methoxy groups -OCH3 is 1. The van der Waals surface area contributed by atoms with E-state index in [1.807, 2.05) is 13.8 Å². The van der Waals surface area contributed by atoms with E-state index in [0.29, 0.717) is 5.56 Å². The van der Waals surface area contributed by atoms with E-state index in [9.17, 15) is 13.6 Å². The Morgan fingerprint density at radius 3 is 2.75 bits per heavy atom. The average molecular weight is 344 g/mol. The van der Waals surface area contributed by atoms with Gasteiger partial charge in [-0.25, -0.2) is 0 Å². The van der Waals surface area contributed by atoms with Gasteiger partial charge in [0, 0.05) is 11.6 Å². The van der Waals surface area contributed by atoms with Crippen molar-refractivity contribution in [3.05, 3.63) is 23.8 Å². The first-order chi connectivity index (χ1) is 11.5. The van der Waals surface area contributed by atoms with E-state index in [1.54, 1.807) is 0 Å². The third-order valence-corrected chi connectivity index (χ3v) is 3.00. The minimum atomic E-state index is -2.93. The Morgan fingerprint density at radius 1 is 1.38 bits per heavy atom. The van der Waals surface area contributed by atoms with Gasteiger partial charge in [-0.3, -0.25) is 4.79 Å². The molecule has 1 aromatic carbocycles. The maximum Gasteiger partial charge on any atom is 0.387 e. The molecule has 0 bridgehead atoms. The lowest BCUT2D eigenvalue weighted by Crippen LogP contribution is -2.34. The van der Waals surface area contributed by atoms with Gasteiger partial charge in [0.1, 0.15) is 0 Å². The number of rotatable bonds is 10. The standard InChI is InChI=1S/C16H22F2N2O4/c1-4-5-11(2)20-15(21)10-23-19-9-12-6-7-13(24-16(17)18)14(8-12)22-3/h6-9,11,16H,4-5,10H2,1-3H3,(H,20,21)/b19-9-/t11-/m1/s1. The Balaban J connectivity index is 2.51. The number of amides is 1. The van der Waals surface area contributed by atoms with Crippen LogP contribution in [0.1, 0.15) is 32.3 Å². The van der Waals surface area contributed by atoms with Crippen LogP contribution in [0.15, 0.2) is 23.4 Å². The van der Waals surface area contributed by atoms with E-state index in [2.05, 4.69) is 15.2 Å². The number of oxime groups is 1. The van der Waals surface area contributed by atoms with E-state index < -0.39 is 6.61 Å². The van der Waals surface area contributed by atoms with Gasteiger partial charge >= 0.3 is 6.61 Å². The smallest absolute Gasteiger partial charge is 0.387 e. The zero-order valence-electron chi connectivity index (χ0n) is 13.9. The Kier molecular flexibility index (Phi) is 8.53. The third kappa shape index (κ3) is 7.26. The number of halogens is 2. The van der Waals surface area contributed by atoms with E-state index in [4.69, 9.17) is 9.57 Å². The summed E-state index contributed by atoms with van der Waals surface area (Å²) in [4.78, 5) is 16.5. The predicted molar refractivity (Wildman–Crippen MR) is 85.7 cm³/mol. The molecule has 6 nitrogen and oxygen atoms in total. The van der Waals surface area contributed by atoms with Crippen molar-refractivity contribution in [2.75, 3.05) is 13.7 Å². The lowest BCUT2D eigenvalue weighted by molar-refractivity contribution is -0.126. The van der Waals surface area contributed by atoms with Crippen LogP contribution in [0.4, 0.5) is 8.78 Å². The van der Waals surface area contributed by atoms with Crippen LogP contribution >= 0.6 is 0 Å². The fourth-order valence-electron chi connectivity index (χ4n) is 1.97. The van der Waals surface area contributed by atoms with Crippen LogP contribution in [0.3, 0.4) is 0 Å². The van der Waals surface area contributed by atoms with Crippen molar-refractivity contribution in [3.63, 3.8) is 0 Å². The van der Waals surface area contributed by atoms with Gasteiger partial charge in [-0.1, -0.05) is 18.5 Å². The minimum absolute atomic E-state index is 0.0742. The molecule has 0 aliphatic rings. The molecule has 8 heteroatoms. The van der Waals surface area contributed by atoms with Crippen LogP contribution < -0.4 is 14.8 Å². The molecule has 0 saturated heterocycles. The number of benzene rings is 1. The molecule has 0 spiro atoms. The number of hydrogen-bond donors (Lipinski definition) is 1. The highest BCUT2D eigenvalue weighted by Crippen LogP contribution is 2.28. The fraction of sp³-hybridized carbons (Fsp3) is 0.500. The summed E-state index contributed by atoms with van der Waals surface area (Å²) in [7, 11) is 1.34. The normalized spacial score (nSPS) is 12.2. The summed E-state index contributed by atoms with van der Waals surface area (Å²) in [5.41, 5.74) is 0.549. The molecule has 0 aliphatic heterocycles. The van der Waals surface area contributed by atoms with Crippen LogP contribution in [0, 0.1) is 0 Å². The molecule has 1 rings (SSSR count). The quantitative estimate of drug-likeness (QED) is 0.523. The summed E-state index contributed by atoms with van der Waals surface area (Å²) in [5.74, 6) is -0.188. The first-order valence-electron chi connectivity index (χ1n) is 7.53. The van der Waals surface area contributed by atoms with Crippen molar-refractivity contribution in [1.82, 2.24) is 5.32 Å². The van der Waals surface area contributed by atoms with E-state index in [1.165, 1.54) is 31.5 Å². The fourth-order valence-corrected chi connectivity index (χ4v) is 1.97. The highest BCUT2D eigenvalue weighted by molar-refractivity contribution is 5.81. The Hall–Kier alpha value is -2.38. The van der Waals surface area contributed by atoms with Crippen LogP contribution in [0.25, 0.3) is 0 Å². The number of hydrogen-bond acceptors (Lipinski definition) is 5. The lowest BCUT2D eigenvalue weighted by Gasteiger charge is -2.11. The maximum atomic E-state index is 12.2. The van der Waals surface area contributed by atoms with Crippen LogP contribution in [-0.4, -0.2) is 38.5 Å². The van der Waals surface area contributed by atoms with E-state index in [0.717, 1.165) is 12.8 Å². The monoisotopic (exact) mass is 344 g/mol. The summed E-state index contributed by atoms with van der Waals surface area (Å²) >= 11 is 0. The molecule has 0 heterocycles. The average Bonchev–Trinajstić information content (AvgIpc) is 2.52. The number of carbonyl (C=O) groups is 1. The number of ether oxygens (including phenoxy) is 2. The molecule has 1 amide bonds. The van der Waals surface area contributed by atoms with Crippen molar-refractivity contribution in [2.45, 2.75) is 39.3 Å². The van der Waals surface area contributed by atoms with Crippen molar-refractivity contribution < 1.29 is 27.9 Å². The van der Waals surface area contributed by atoms with Crippen LogP contribution in [0.5, 0.6) is 11.5 Å². The molecule has 134 valence electrons. The van der Waals surface area contributed by atoms with Gasteiger partial charge in [0.25, 0.3) is 5.91 Å².